The van der Waals surface area contributed by atoms with E-state index in [4.69, 9.17) is 28.9 Å². The molecule has 0 radical (unpaired) electrons. The molecule has 2 aromatic heterocycles. The number of imidazole rings is 2. The maximum atomic E-state index is 14.0. The summed E-state index contributed by atoms with van der Waals surface area (Å²) in [6.07, 6.45) is 5.40. The minimum absolute atomic E-state index is 0.0651. The van der Waals surface area contributed by atoms with Crippen LogP contribution in [0.1, 0.15) is 100 Å². The number of nitrogens with one attached hydrogen (secondary N) is 4. The van der Waals surface area contributed by atoms with Gasteiger partial charge in [0.1, 0.15) is 23.7 Å². The molecule has 4 unspecified atom stereocenters. The minimum Gasteiger partial charge on any atom is -0.453 e. The van der Waals surface area contributed by atoms with Crippen LogP contribution in [0.3, 0.4) is 0 Å². The highest BCUT2D eigenvalue weighted by Gasteiger charge is 2.52. The van der Waals surface area contributed by atoms with Crippen LogP contribution in [0.4, 0.5) is 9.59 Å². The predicted molar refractivity (Wildman–Crippen MR) is 220 cm³/mol. The highest BCUT2D eigenvalue weighted by Crippen LogP contribution is 2.50. The Balaban J connectivity index is 0.940. The van der Waals surface area contributed by atoms with Gasteiger partial charge in [0.15, 0.2) is 0 Å². The number of fused-ring (bicyclic) bond motifs is 2. The van der Waals surface area contributed by atoms with E-state index in [1.54, 1.807) is 23.9 Å². The van der Waals surface area contributed by atoms with Crippen LogP contribution in [0.2, 0.25) is 0 Å². The summed E-state index contributed by atoms with van der Waals surface area (Å²) in [6, 6.07) is 9.15. The standard InChI is InChI=1S/C44H54N8O8/c1-25(51(3)39(53)35(49-41(55)57-5)29-13-19-59-43(23-29)15-16-43)37-45-31-11-9-27(21-33(31)47-37)7-8-28-10-12-32-34(22-28)48-38(46-32)26(2)52(4)40(54)36(50-42(56)58-6)30-14-20-60-44(24-30)17-18-44/h9-12,21-22,25-26,29-30,35-36H,13-20,23-24H2,1-6H3,(H,45,47)(H,46,48)(H,49,55)(H,50,56)/t25-,26-,29?,30?,35?,36?/m0/s1. The predicted octanol–water partition coefficient (Wildman–Crippen LogP) is 5.25. The molecule has 2 spiro atoms. The molecule has 2 aromatic carbocycles. The van der Waals surface area contributed by atoms with Crippen molar-refractivity contribution in [2.45, 2.75) is 101 Å². The Morgan fingerprint density at radius 2 is 1.12 bits per heavy atom. The molecule has 2 aliphatic heterocycles. The smallest absolute Gasteiger partial charge is 0.407 e. The molecule has 2 saturated heterocycles. The quantitative estimate of drug-likeness (QED) is 0.154. The van der Waals surface area contributed by atoms with E-state index in [1.165, 1.54) is 14.2 Å². The maximum Gasteiger partial charge on any atom is 0.407 e. The molecule has 16 nitrogen and oxygen atoms in total. The molecule has 6 atom stereocenters. The number of H-pyrrole nitrogens is 2. The summed E-state index contributed by atoms with van der Waals surface area (Å²) in [6.45, 7) is 4.92. The first-order valence-electron chi connectivity index (χ1n) is 20.8. The molecular weight excluding hydrogens is 769 g/mol. The normalized spacial score (nSPS) is 21.8. The zero-order valence-corrected chi connectivity index (χ0v) is 35.1. The highest BCUT2D eigenvalue weighted by molar-refractivity contribution is 5.87. The Labute approximate surface area is 348 Å². The van der Waals surface area contributed by atoms with Crippen LogP contribution in [0.15, 0.2) is 36.4 Å². The molecule has 2 saturated carbocycles. The van der Waals surface area contributed by atoms with Crippen molar-refractivity contribution in [3.8, 4) is 11.8 Å². The number of hydrogen-bond acceptors (Lipinski definition) is 10. The number of alkyl carbamates (subject to hydrolysis) is 2. The van der Waals surface area contributed by atoms with E-state index in [0.717, 1.165) is 71.7 Å². The molecule has 60 heavy (non-hydrogen) atoms. The van der Waals surface area contributed by atoms with Crippen LogP contribution in [0, 0.1) is 23.7 Å². The fourth-order valence-corrected chi connectivity index (χ4v) is 8.75. The van der Waals surface area contributed by atoms with Gasteiger partial charge in [-0.15, -0.1) is 0 Å². The third-order valence-electron chi connectivity index (χ3n) is 13.1. The van der Waals surface area contributed by atoms with Crippen molar-refractivity contribution in [1.82, 2.24) is 40.4 Å². The second-order valence-corrected chi connectivity index (χ2v) is 17.0. The minimum atomic E-state index is -0.745. The summed E-state index contributed by atoms with van der Waals surface area (Å²) in [4.78, 5) is 72.2. The molecule has 8 rings (SSSR count). The fraction of sp³-hybridized carbons (Fsp3) is 0.545. The van der Waals surface area contributed by atoms with Crippen LogP contribution in [0.5, 0.6) is 0 Å². The van der Waals surface area contributed by atoms with Gasteiger partial charge >= 0.3 is 12.2 Å². The average Bonchev–Trinajstić information content (AvgIpc) is 4.08. The number of nitrogens with zero attached hydrogens (tertiary/aromatic N) is 4. The number of ether oxygens (including phenoxy) is 4. The average molecular weight is 823 g/mol. The number of rotatable bonds is 10. The van der Waals surface area contributed by atoms with Gasteiger partial charge in [-0.1, -0.05) is 11.8 Å². The number of benzene rings is 2. The Morgan fingerprint density at radius 1 is 0.717 bits per heavy atom. The largest absolute Gasteiger partial charge is 0.453 e. The van der Waals surface area contributed by atoms with Gasteiger partial charge in [-0.2, -0.15) is 0 Å². The second kappa shape index (κ2) is 16.4. The van der Waals surface area contributed by atoms with Gasteiger partial charge in [0.2, 0.25) is 11.8 Å². The van der Waals surface area contributed by atoms with Crippen LogP contribution in [-0.2, 0) is 28.5 Å². The monoisotopic (exact) mass is 822 g/mol. The molecule has 4 fully saturated rings. The molecule has 4 aliphatic rings. The van der Waals surface area contributed by atoms with E-state index < -0.39 is 36.4 Å². The van der Waals surface area contributed by atoms with E-state index in [2.05, 4.69) is 32.4 Å². The van der Waals surface area contributed by atoms with Gasteiger partial charge in [-0.05, 0) is 113 Å². The van der Waals surface area contributed by atoms with E-state index >= 15 is 0 Å². The molecule has 4 amide bonds. The number of hydrogen-bond donors (Lipinski definition) is 4. The van der Waals surface area contributed by atoms with Crippen molar-refractivity contribution in [1.29, 1.82) is 0 Å². The third-order valence-corrected chi connectivity index (χ3v) is 13.1. The highest BCUT2D eigenvalue weighted by atomic mass is 16.5. The topological polar surface area (TPSA) is 193 Å². The number of likely N-dealkylation sites (N-methyl/N-ethyl adjacent to an activating group) is 2. The zero-order valence-electron chi connectivity index (χ0n) is 35.1. The van der Waals surface area contributed by atoms with Crippen LogP contribution < -0.4 is 10.6 Å². The summed E-state index contributed by atoms with van der Waals surface area (Å²) >= 11 is 0. The van der Waals surface area contributed by atoms with Gasteiger partial charge < -0.3 is 49.3 Å². The molecule has 16 heteroatoms. The lowest BCUT2D eigenvalue weighted by atomic mass is 9.86. The molecule has 318 valence electrons. The molecule has 4 aromatic rings. The number of amides is 4. The van der Waals surface area contributed by atoms with Crippen molar-refractivity contribution < 1.29 is 38.1 Å². The summed E-state index contributed by atoms with van der Waals surface area (Å²) in [7, 11) is 6.05. The van der Waals surface area contributed by atoms with E-state index in [-0.39, 0.29) is 34.9 Å². The first-order valence-corrected chi connectivity index (χ1v) is 20.8. The van der Waals surface area contributed by atoms with Crippen molar-refractivity contribution in [2.75, 3.05) is 41.5 Å². The van der Waals surface area contributed by atoms with Crippen LogP contribution in [-0.4, -0.2) is 119 Å². The Bertz CT molecular complexity index is 2190. The molecular formula is C44H54N8O8. The number of methoxy groups -OCH3 is 2. The third kappa shape index (κ3) is 8.51. The van der Waals surface area contributed by atoms with Crippen LogP contribution >= 0.6 is 0 Å². The van der Waals surface area contributed by atoms with Gasteiger partial charge in [-0.3, -0.25) is 9.59 Å². The van der Waals surface area contributed by atoms with Gasteiger partial charge in [-0.25, -0.2) is 19.6 Å². The van der Waals surface area contributed by atoms with Gasteiger partial charge in [0.05, 0.1) is 59.6 Å². The lowest BCUT2D eigenvalue weighted by Gasteiger charge is -2.37. The lowest BCUT2D eigenvalue weighted by molar-refractivity contribution is -0.138. The summed E-state index contributed by atoms with van der Waals surface area (Å²) in [5.41, 5.74) is 4.26. The Morgan fingerprint density at radius 3 is 1.48 bits per heavy atom. The summed E-state index contributed by atoms with van der Waals surface area (Å²) < 4.78 is 21.7. The van der Waals surface area contributed by atoms with Gasteiger partial charge in [0.25, 0.3) is 0 Å². The lowest BCUT2D eigenvalue weighted by Crippen LogP contribution is -2.53. The Kier molecular flexibility index (Phi) is 11.2. The fourth-order valence-electron chi connectivity index (χ4n) is 8.75. The number of aromatic nitrogens is 4. The van der Waals surface area contributed by atoms with Crippen molar-refractivity contribution in [3.05, 3.63) is 59.2 Å². The number of aromatic amines is 2. The zero-order chi connectivity index (χ0) is 42.3. The second-order valence-electron chi connectivity index (χ2n) is 17.0. The molecule has 4 heterocycles. The summed E-state index contributed by atoms with van der Waals surface area (Å²) in [5, 5.41) is 5.61. The molecule has 2 aliphatic carbocycles. The van der Waals surface area contributed by atoms with E-state index in [1.807, 2.05) is 50.2 Å². The molecule has 0 bridgehead atoms. The Hall–Kier alpha value is -5.66. The number of carbonyl (C=O) groups is 4. The first kappa shape index (κ1) is 41.1. The van der Waals surface area contributed by atoms with E-state index in [0.29, 0.717) is 37.7 Å². The first-order chi connectivity index (χ1) is 28.8. The van der Waals surface area contributed by atoms with Crippen molar-refractivity contribution in [3.63, 3.8) is 0 Å². The van der Waals surface area contributed by atoms with Crippen molar-refractivity contribution in [2.24, 2.45) is 11.8 Å². The van der Waals surface area contributed by atoms with E-state index in [9.17, 15) is 19.2 Å². The van der Waals surface area contributed by atoms with Crippen molar-refractivity contribution >= 4 is 46.1 Å². The maximum absolute atomic E-state index is 14.0. The number of carbonyl (C=O) groups excluding carboxylic acids is 4. The van der Waals surface area contributed by atoms with Gasteiger partial charge in [0, 0.05) is 38.4 Å². The summed E-state index contributed by atoms with van der Waals surface area (Å²) in [5.74, 6) is 7.18. The molecule has 4 N–H and O–H groups in total. The SMILES string of the molecule is COC(=O)NC(C(=O)N(C)[C@@H](C)c1nc2ccc(C#Cc3ccc4nc([C@H](C)N(C)C(=O)C(NC(=O)OC)C5CCOC6(CC6)C5)[nH]c4c3)cc2[nH]1)C1CCOC2(CC2)C1. The van der Waals surface area contributed by atoms with Crippen LogP contribution in [0.25, 0.3) is 22.1 Å².